The fourth-order valence-corrected chi connectivity index (χ4v) is 1.94. The minimum absolute atomic E-state index is 0.495. The molecule has 1 radical (unpaired) electrons. The summed E-state index contributed by atoms with van der Waals surface area (Å²) in [7, 11) is 0. The zero-order chi connectivity index (χ0) is 10.8. The van der Waals surface area contributed by atoms with E-state index in [1.165, 1.54) is 0 Å². The van der Waals surface area contributed by atoms with Crippen LogP contribution in [0.15, 0.2) is 30.1 Å². The van der Waals surface area contributed by atoms with Crippen molar-refractivity contribution in [3.63, 3.8) is 0 Å². The van der Waals surface area contributed by atoms with Crippen molar-refractivity contribution in [3.8, 4) is 0 Å². The summed E-state index contributed by atoms with van der Waals surface area (Å²) in [5.74, 6) is 0. The Labute approximate surface area is 103 Å². The molecule has 0 saturated heterocycles. The van der Waals surface area contributed by atoms with Gasteiger partial charge < -0.3 is 5.32 Å². The molecule has 1 aliphatic heterocycles. The lowest BCUT2D eigenvalue weighted by molar-refractivity contribution is 1.03. The molecule has 1 aromatic rings. The van der Waals surface area contributed by atoms with Gasteiger partial charge in [0.15, 0.2) is 5.11 Å². The van der Waals surface area contributed by atoms with E-state index in [1.54, 1.807) is 12.3 Å². The lowest BCUT2D eigenvalue weighted by Gasteiger charge is -2.04. The molecular formula is C10H7Cl2N2S. The van der Waals surface area contributed by atoms with Crippen LogP contribution < -0.4 is 10.6 Å². The fourth-order valence-electron chi connectivity index (χ4n) is 1.29. The molecule has 1 aromatic carbocycles. The van der Waals surface area contributed by atoms with Gasteiger partial charge in [-0.05, 0) is 29.9 Å². The number of benzene rings is 1. The van der Waals surface area contributed by atoms with Crippen LogP contribution in [0.1, 0.15) is 5.56 Å². The standard InChI is InChI=1S/C10H7Cl2N2S/c11-7-2-1-6(9(12)4-7)3-8-5-13-10(15)14-8/h1-2,4-5H,3H2,(H,13,15). The van der Waals surface area contributed by atoms with Gasteiger partial charge in [0.2, 0.25) is 0 Å². The molecule has 0 aliphatic carbocycles. The number of hydrogen-bond acceptors (Lipinski definition) is 1. The maximum absolute atomic E-state index is 6.04. The number of nitrogens with zero attached hydrogens (tertiary/aromatic N) is 1. The predicted molar refractivity (Wildman–Crippen MR) is 66.1 cm³/mol. The fraction of sp³-hybridized carbons (Fsp3) is 0.100. The lowest BCUT2D eigenvalue weighted by atomic mass is 10.1. The molecule has 0 aromatic heterocycles. The Kier molecular flexibility index (Phi) is 3.14. The van der Waals surface area contributed by atoms with Crippen molar-refractivity contribution in [2.24, 2.45) is 0 Å². The summed E-state index contributed by atoms with van der Waals surface area (Å²) >= 11 is 16.7. The second-order valence-electron chi connectivity index (χ2n) is 3.11. The van der Waals surface area contributed by atoms with Crippen molar-refractivity contribution in [1.29, 1.82) is 0 Å². The molecule has 0 saturated carbocycles. The van der Waals surface area contributed by atoms with Crippen molar-refractivity contribution in [2.45, 2.75) is 6.42 Å². The molecule has 1 aliphatic rings. The van der Waals surface area contributed by atoms with Gasteiger partial charge in [0.25, 0.3) is 0 Å². The van der Waals surface area contributed by atoms with E-state index in [0.29, 0.717) is 21.6 Å². The molecule has 0 fully saturated rings. The van der Waals surface area contributed by atoms with Crippen molar-refractivity contribution in [3.05, 3.63) is 45.7 Å². The van der Waals surface area contributed by atoms with Crippen LogP contribution in [0.5, 0.6) is 0 Å². The molecule has 0 amide bonds. The van der Waals surface area contributed by atoms with Crippen molar-refractivity contribution in [2.75, 3.05) is 0 Å². The van der Waals surface area contributed by atoms with Gasteiger partial charge in [0.1, 0.15) is 0 Å². The van der Waals surface area contributed by atoms with Gasteiger partial charge in [0.05, 0.1) is 5.70 Å². The van der Waals surface area contributed by atoms with Gasteiger partial charge in [-0.1, -0.05) is 29.3 Å². The van der Waals surface area contributed by atoms with E-state index >= 15 is 0 Å². The summed E-state index contributed by atoms with van der Waals surface area (Å²) in [6.07, 6.45) is 2.44. The highest BCUT2D eigenvalue weighted by molar-refractivity contribution is 7.80. The van der Waals surface area contributed by atoms with Gasteiger partial charge in [-0.3, -0.25) is 0 Å². The molecule has 0 spiro atoms. The number of thiocarbonyl (C=S) groups is 1. The molecule has 0 atom stereocenters. The third kappa shape index (κ3) is 2.62. The Morgan fingerprint density at radius 2 is 2.13 bits per heavy atom. The summed E-state index contributed by atoms with van der Waals surface area (Å²) < 4.78 is 0. The first-order valence-electron chi connectivity index (χ1n) is 4.30. The first-order chi connectivity index (χ1) is 7.15. The van der Waals surface area contributed by atoms with E-state index in [1.807, 2.05) is 12.1 Å². The Balaban J connectivity index is 2.14. The molecule has 0 bridgehead atoms. The number of rotatable bonds is 2. The summed E-state index contributed by atoms with van der Waals surface area (Å²) in [4.78, 5) is 0. The first-order valence-corrected chi connectivity index (χ1v) is 5.47. The minimum atomic E-state index is 0.495. The van der Waals surface area contributed by atoms with Gasteiger partial charge >= 0.3 is 0 Å². The Morgan fingerprint density at radius 3 is 2.73 bits per heavy atom. The van der Waals surface area contributed by atoms with Crippen LogP contribution >= 0.6 is 35.4 Å². The summed E-state index contributed by atoms with van der Waals surface area (Å²) in [5, 5.41) is 8.77. The van der Waals surface area contributed by atoms with Gasteiger partial charge in [-0.2, -0.15) is 0 Å². The Morgan fingerprint density at radius 1 is 1.33 bits per heavy atom. The Bertz CT molecular complexity index is 443. The van der Waals surface area contributed by atoms with Crippen LogP contribution in [-0.2, 0) is 6.42 Å². The molecule has 2 nitrogen and oxygen atoms in total. The summed E-state index contributed by atoms with van der Waals surface area (Å²) in [6, 6.07) is 5.42. The normalized spacial score (nSPS) is 14.5. The number of halogens is 2. The van der Waals surface area contributed by atoms with Crippen LogP contribution in [0, 0.1) is 0 Å². The average molecular weight is 258 g/mol. The van der Waals surface area contributed by atoms with Crippen LogP contribution in [0.2, 0.25) is 10.0 Å². The van der Waals surface area contributed by atoms with E-state index < -0.39 is 0 Å². The number of hydrogen-bond donors (Lipinski definition) is 1. The zero-order valence-corrected chi connectivity index (χ0v) is 9.96. The highest BCUT2D eigenvalue weighted by atomic mass is 35.5. The van der Waals surface area contributed by atoms with E-state index in [0.717, 1.165) is 11.3 Å². The number of allylic oxidation sites excluding steroid dienone is 1. The number of nitrogens with one attached hydrogen (secondary N) is 1. The van der Waals surface area contributed by atoms with E-state index in [9.17, 15) is 0 Å². The van der Waals surface area contributed by atoms with Crippen LogP contribution in [0.25, 0.3) is 0 Å². The molecule has 5 heteroatoms. The lowest BCUT2D eigenvalue weighted by Crippen LogP contribution is -2.16. The molecule has 77 valence electrons. The van der Waals surface area contributed by atoms with Crippen molar-refractivity contribution >= 4 is 40.5 Å². The smallest absolute Gasteiger partial charge is 0.197 e. The maximum atomic E-state index is 6.04. The maximum Gasteiger partial charge on any atom is 0.197 e. The quantitative estimate of drug-likeness (QED) is 0.825. The zero-order valence-electron chi connectivity index (χ0n) is 7.63. The summed E-state index contributed by atoms with van der Waals surface area (Å²) in [6.45, 7) is 0. The van der Waals surface area contributed by atoms with Gasteiger partial charge in [-0.15, -0.1) is 0 Å². The highest BCUT2D eigenvalue weighted by Gasteiger charge is 2.12. The van der Waals surface area contributed by atoms with Crippen molar-refractivity contribution in [1.82, 2.24) is 10.6 Å². The van der Waals surface area contributed by atoms with Crippen molar-refractivity contribution < 1.29 is 0 Å². The van der Waals surface area contributed by atoms with Gasteiger partial charge in [0, 0.05) is 22.7 Å². The average Bonchev–Trinajstić information content (AvgIpc) is 2.56. The predicted octanol–water partition coefficient (Wildman–Crippen LogP) is 2.87. The molecule has 1 N–H and O–H groups in total. The molecule has 1 heterocycles. The van der Waals surface area contributed by atoms with Crippen LogP contribution in [-0.4, -0.2) is 5.11 Å². The molecule has 0 unspecified atom stereocenters. The highest BCUT2D eigenvalue weighted by Crippen LogP contribution is 2.23. The SMILES string of the molecule is S=C1[N]C(Cc2ccc(Cl)cc2Cl)=CN1. The monoisotopic (exact) mass is 257 g/mol. The van der Waals surface area contributed by atoms with Gasteiger partial charge in [-0.25, -0.2) is 5.32 Å². The third-order valence-electron chi connectivity index (χ3n) is 1.99. The van der Waals surface area contributed by atoms with Crippen LogP contribution in [0.4, 0.5) is 0 Å². The summed E-state index contributed by atoms with van der Waals surface area (Å²) in [5.41, 5.74) is 1.87. The molecule has 15 heavy (non-hydrogen) atoms. The Hall–Kier alpha value is -0.770. The second-order valence-corrected chi connectivity index (χ2v) is 4.34. The third-order valence-corrected chi connectivity index (χ3v) is 2.79. The van der Waals surface area contributed by atoms with E-state index in [-0.39, 0.29) is 0 Å². The molecule has 2 rings (SSSR count). The molecular weight excluding hydrogens is 251 g/mol. The minimum Gasteiger partial charge on any atom is -0.336 e. The van der Waals surface area contributed by atoms with Crippen LogP contribution in [0.3, 0.4) is 0 Å². The van der Waals surface area contributed by atoms with E-state index in [2.05, 4.69) is 10.6 Å². The first kappa shape index (κ1) is 10.7. The van der Waals surface area contributed by atoms with E-state index in [4.69, 9.17) is 35.4 Å². The topological polar surface area (TPSA) is 26.1 Å². The largest absolute Gasteiger partial charge is 0.336 e. The second kappa shape index (κ2) is 4.39.